The second-order valence-electron chi connectivity index (χ2n) is 4.84. The first-order valence-corrected chi connectivity index (χ1v) is 7.04. The first-order valence-electron chi connectivity index (χ1n) is 7.04. The number of phenols is 1. The van der Waals surface area contributed by atoms with Crippen LogP contribution in [0.4, 0.5) is 4.39 Å². The van der Waals surface area contributed by atoms with E-state index >= 15 is 0 Å². The van der Waals surface area contributed by atoms with Crippen LogP contribution in [-0.4, -0.2) is 28.3 Å². The number of rotatable bonds is 5. The van der Waals surface area contributed by atoms with Crippen LogP contribution in [0.2, 0.25) is 0 Å². The van der Waals surface area contributed by atoms with E-state index in [4.69, 9.17) is 10.3 Å². The average Bonchev–Trinajstić information content (AvgIpc) is 2.62. The van der Waals surface area contributed by atoms with Crippen molar-refractivity contribution in [2.45, 2.75) is 0 Å². The number of aromatic hydroxyl groups is 1. The molecule has 2 amide bonds. The SMILES string of the molecule is O=C(/C=C/c1cccc(C(=O)N/N=C/c2ccc(O)c(F)c2)c1)NO. The van der Waals surface area contributed by atoms with Crippen LogP contribution < -0.4 is 10.9 Å². The zero-order valence-electron chi connectivity index (χ0n) is 12.8. The molecular formula is C17H14FN3O4. The van der Waals surface area contributed by atoms with Gasteiger partial charge in [-0.25, -0.2) is 15.3 Å². The summed E-state index contributed by atoms with van der Waals surface area (Å²) < 4.78 is 13.2. The Kier molecular flexibility index (Phi) is 5.97. The number of hydrogen-bond donors (Lipinski definition) is 4. The molecule has 0 fully saturated rings. The van der Waals surface area contributed by atoms with Gasteiger partial charge in [-0.05, 0) is 47.5 Å². The molecule has 7 nitrogen and oxygen atoms in total. The Morgan fingerprint density at radius 3 is 2.64 bits per heavy atom. The number of carbonyl (C=O) groups excluding carboxylic acids is 2. The number of hydrogen-bond acceptors (Lipinski definition) is 5. The summed E-state index contributed by atoms with van der Waals surface area (Å²) in [7, 11) is 0. The van der Waals surface area contributed by atoms with Crippen molar-refractivity contribution in [3.8, 4) is 5.75 Å². The van der Waals surface area contributed by atoms with E-state index in [0.29, 0.717) is 16.7 Å². The van der Waals surface area contributed by atoms with E-state index in [1.807, 2.05) is 0 Å². The molecule has 0 unspecified atom stereocenters. The average molecular weight is 343 g/mol. The number of halogens is 1. The van der Waals surface area contributed by atoms with Gasteiger partial charge < -0.3 is 5.11 Å². The van der Waals surface area contributed by atoms with Crippen LogP contribution in [0.1, 0.15) is 21.5 Å². The molecule has 128 valence electrons. The highest BCUT2D eigenvalue weighted by Gasteiger charge is 2.05. The van der Waals surface area contributed by atoms with E-state index < -0.39 is 23.4 Å². The summed E-state index contributed by atoms with van der Waals surface area (Å²) in [6.07, 6.45) is 3.76. The normalized spacial score (nSPS) is 11.0. The lowest BCUT2D eigenvalue weighted by molar-refractivity contribution is -0.124. The van der Waals surface area contributed by atoms with Crippen LogP contribution in [0.15, 0.2) is 53.6 Å². The molecule has 0 radical (unpaired) electrons. The van der Waals surface area contributed by atoms with Gasteiger partial charge in [-0.1, -0.05) is 12.1 Å². The predicted molar refractivity (Wildman–Crippen MR) is 88.5 cm³/mol. The van der Waals surface area contributed by atoms with Gasteiger partial charge in [-0.2, -0.15) is 5.10 Å². The lowest BCUT2D eigenvalue weighted by Gasteiger charge is -2.01. The molecule has 0 bridgehead atoms. The van der Waals surface area contributed by atoms with Gasteiger partial charge in [0.15, 0.2) is 11.6 Å². The molecule has 0 aliphatic carbocycles. The number of nitrogens with zero attached hydrogens (tertiary/aromatic N) is 1. The number of carbonyl (C=O) groups is 2. The molecule has 2 aromatic carbocycles. The zero-order chi connectivity index (χ0) is 18.2. The molecule has 2 aromatic rings. The maximum atomic E-state index is 13.2. The van der Waals surface area contributed by atoms with Crippen molar-refractivity contribution in [1.29, 1.82) is 0 Å². The van der Waals surface area contributed by atoms with E-state index in [9.17, 15) is 14.0 Å². The zero-order valence-corrected chi connectivity index (χ0v) is 12.8. The quantitative estimate of drug-likeness (QED) is 0.287. The lowest BCUT2D eigenvalue weighted by Crippen LogP contribution is -2.17. The molecule has 0 atom stereocenters. The summed E-state index contributed by atoms with van der Waals surface area (Å²) in [4.78, 5) is 23.0. The highest BCUT2D eigenvalue weighted by Crippen LogP contribution is 2.14. The second-order valence-corrected chi connectivity index (χ2v) is 4.84. The smallest absolute Gasteiger partial charge is 0.271 e. The first kappa shape index (κ1) is 17.8. The van der Waals surface area contributed by atoms with Crippen molar-refractivity contribution in [3.63, 3.8) is 0 Å². The highest BCUT2D eigenvalue weighted by atomic mass is 19.1. The fourth-order valence-electron chi connectivity index (χ4n) is 1.83. The van der Waals surface area contributed by atoms with Crippen molar-refractivity contribution in [2.75, 3.05) is 0 Å². The van der Waals surface area contributed by atoms with Gasteiger partial charge in [-0.15, -0.1) is 0 Å². The van der Waals surface area contributed by atoms with Crippen molar-refractivity contribution >= 4 is 24.1 Å². The van der Waals surface area contributed by atoms with E-state index in [-0.39, 0.29) is 0 Å². The van der Waals surface area contributed by atoms with Gasteiger partial charge in [0, 0.05) is 11.6 Å². The van der Waals surface area contributed by atoms with Crippen LogP contribution in [0, 0.1) is 5.82 Å². The summed E-state index contributed by atoms with van der Waals surface area (Å²) in [5, 5.41) is 21.2. The van der Waals surface area contributed by atoms with Crippen molar-refractivity contribution in [3.05, 3.63) is 71.0 Å². The molecule has 2 rings (SSSR count). The monoisotopic (exact) mass is 343 g/mol. The third-order valence-corrected chi connectivity index (χ3v) is 3.04. The lowest BCUT2D eigenvalue weighted by atomic mass is 10.1. The number of benzene rings is 2. The molecule has 0 spiro atoms. The Hall–Kier alpha value is -3.52. The number of amides is 2. The third-order valence-electron chi connectivity index (χ3n) is 3.04. The third kappa shape index (κ3) is 5.26. The minimum absolute atomic E-state index is 0.292. The van der Waals surface area contributed by atoms with Crippen LogP contribution in [0.5, 0.6) is 5.75 Å². The summed E-state index contributed by atoms with van der Waals surface area (Å²) in [5.41, 5.74) is 4.97. The molecule has 0 heterocycles. The Morgan fingerprint density at radius 2 is 1.92 bits per heavy atom. The number of hydroxylamine groups is 1. The van der Waals surface area contributed by atoms with Crippen molar-refractivity contribution in [2.24, 2.45) is 5.10 Å². The number of hydrazone groups is 1. The molecule has 0 aromatic heterocycles. The van der Waals surface area contributed by atoms with Gasteiger partial charge in [0.25, 0.3) is 11.8 Å². The summed E-state index contributed by atoms with van der Waals surface area (Å²) in [6.45, 7) is 0. The number of nitrogens with one attached hydrogen (secondary N) is 2. The molecule has 4 N–H and O–H groups in total. The standard InChI is InChI=1S/C17H14FN3O4/c18-14-9-12(4-6-15(14)22)10-19-20-17(24)13-3-1-2-11(8-13)5-7-16(23)21-25/h1-10,22,25H,(H,20,24)(H,21,23)/b7-5+,19-10+. The number of phenolic OH excluding ortho intramolecular Hbond substituents is 1. The first-order chi connectivity index (χ1) is 12.0. The van der Waals surface area contributed by atoms with Crippen molar-refractivity contribution < 1.29 is 24.3 Å². The van der Waals surface area contributed by atoms with Gasteiger partial charge in [0.05, 0.1) is 6.21 Å². The van der Waals surface area contributed by atoms with E-state index in [1.54, 1.807) is 18.2 Å². The Morgan fingerprint density at radius 1 is 1.12 bits per heavy atom. The minimum Gasteiger partial charge on any atom is -0.505 e. The van der Waals surface area contributed by atoms with Gasteiger partial charge in [-0.3, -0.25) is 14.8 Å². The van der Waals surface area contributed by atoms with Crippen LogP contribution in [0.3, 0.4) is 0 Å². The van der Waals surface area contributed by atoms with Gasteiger partial charge in [0.2, 0.25) is 0 Å². The van der Waals surface area contributed by atoms with E-state index in [0.717, 1.165) is 12.1 Å². The van der Waals surface area contributed by atoms with Crippen LogP contribution in [0.25, 0.3) is 6.08 Å². The molecule has 25 heavy (non-hydrogen) atoms. The summed E-state index contributed by atoms with van der Waals surface area (Å²) in [5.74, 6) is -2.46. The van der Waals surface area contributed by atoms with Crippen molar-refractivity contribution in [1.82, 2.24) is 10.9 Å². The maximum Gasteiger partial charge on any atom is 0.271 e. The topological polar surface area (TPSA) is 111 Å². The minimum atomic E-state index is -0.790. The second kappa shape index (κ2) is 8.37. The molecular weight excluding hydrogens is 329 g/mol. The van der Waals surface area contributed by atoms with E-state index in [2.05, 4.69) is 10.5 Å². The van der Waals surface area contributed by atoms with E-state index in [1.165, 1.54) is 36.0 Å². The largest absolute Gasteiger partial charge is 0.505 e. The fraction of sp³-hybridized carbons (Fsp3) is 0. The van der Waals surface area contributed by atoms with Crippen LogP contribution >= 0.6 is 0 Å². The summed E-state index contributed by atoms with van der Waals surface area (Å²) >= 11 is 0. The Bertz CT molecular complexity index is 850. The Labute approximate surface area is 142 Å². The molecule has 8 heteroatoms. The molecule has 0 aliphatic rings. The summed E-state index contributed by atoms with van der Waals surface area (Å²) in [6, 6.07) is 10.0. The predicted octanol–water partition coefficient (Wildman–Crippen LogP) is 1.81. The van der Waals surface area contributed by atoms with Gasteiger partial charge in [0.1, 0.15) is 0 Å². The van der Waals surface area contributed by atoms with Gasteiger partial charge >= 0.3 is 0 Å². The Balaban J connectivity index is 2.03. The molecule has 0 aliphatic heterocycles. The highest BCUT2D eigenvalue weighted by molar-refractivity contribution is 5.96. The molecule has 0 saturated carbocycles. The molecule has 0 saturated heterocycles. The fourth-order valence-corrected chi connectivity index (χ4v) is 1.83. The van der Waals surface area contributed by atoms with Crippen LogP contribution in [-0.2, 0) is 4.79 Å². The maximum absolute atomic E-state index is 13.2.